The number of carbonyl (C=O) groups is 1. The molecule has 0 saturated carbocycles. The molecule has 2 unspecified atom stereocenters. The maximum absolute atomic E-state index is 11.5. The second-order valence-corrected chi connectivity index (χ2v) is 3.84. The number of hydrogen-bond acceptors (Lipinski definition) is 4. The van der Waals surface area contributed by atoms with Gasteiger partial charge in [0, 0.05) is 6.04 Å². The molecule has 1 aliphatic rings. The molecule has 0 aromatic carbocycles. The molecule has 0 spiro atoms. The first-order valence-electron chi connectivity index (χ1n) is 5.45. The van der Waals surface area contributed by atoms with Gasteiger partial charge in [-0.2, -0.15) is 5.26 Å². The predicted octanol–water partition coefficient (Wildman–Crippen LogP) is 1.32. The van der Waals surface area contributed by atoms with E-state index in [4.69, 9.17) is 10.00 Å². The van der Waals surface area contributed by atoms with E-state index in [9.17, 15) is 4.79 Å². The lowest BCUT2D eigenvalue weighted by molar-refractivity contribution is -0.146. The summed E-state index contributed by atoms with van der Waals surface area (Å²) in [6, 6.07) is 2.24. The highest BCUT2D eigenvalue weighted by Gasteiger charge is 2.35. The molecule has 0 amide bonds. The topological polar surface area (TPSA) is 53.3 Å². The number of likely N-dealkylation sites (tertiary alicyclic amines) is 1. The number of esters is 1. The van der Waals surface area contributed by atoms with Gasteiger partial charge in [-0.15, -0.1) is 0 Å². The second-order valence-electron chi connectivity index (χ2n) is 3.84. The molecule has 1 saturated heterocycles. The van der Waals surface area contributed by atoms with Crippen LogP contribution in [0.4, 0.5) is 0 Å². The Bertz CT molecular complexity index is 260. The van der Waals surface area contributed by atoms with Crippen molar-refractivity contribution in [3.8, 4) is 6.07 Å². The highest BCUT2D eigenvalue weighted by molar-refractivity contribution is 5.76. The molecule has 1 fully saturated rings. The molecule has 0 aliphatic carbocycles. The molecule has 1 heterocycles. The van der Waals surface area contributed by atoms with Crippen LogP contribution in [0, 0.1) is 11.3 Å². The lowest BCUT2D eigenvalue weighted by Gasteiger charge is -2.29. The Morgan fingerprint density at radius 3 is 3.00 bits per heavy atom. The smallest absolute Gasteiger partial charge is 0.323 e. The number of hydrogen-bond donors (Lipinski definition) is 0. The van der Waals surface area contributed by atoms with Crippen LogP contribution in [0.25, 0.3) is 0 Å². The molecule has 0 radical (unpaired) electrons. The standard InChI is InChI=1S/C11H18N2O2/c1-3-9(6-7-12)13-8-4-5-10(13)11(14)15-2/h9-10H,3-6,8H2,1-2H3. The second kappa shape index (κ2) is 5.72. The average Bonchev–Trinajstić information content (AvgIpc) is 2.73. The van der Waals surface area contributed by atoms with Crippen LogP contribution in [0.3, 0.4) is 0 Å². The minimum atomic E-state index is -0.163. The number of rotatable bonds is 4. The maximum atomic E-state index is 11.5. The first kappa shape index (κ1) is 12.0. The molecule has 15 heavy (non-hydrogen) atoms. The SMILES string of the molecule is CCC(CC#N)N1CCCC1C(=O)OC. The molecule has 2 atom stereocenters. The third-order valence-corrected chi connectivity index (χ3v) is 3.03. The summed E-state index contributed by atoms with van der Waals surface area (Å²) in [6.45, 7) is 2.95. The largest absolute Gasteiger partial charge is 0.468 e. The van der Waals surface area contributed by atoms with Gasteiger partial charge in [0.15, 0.2) is 0 Å². The molecule has 4 heteroatoms. The van der Waals surface area contributed by atoms with Crippen molar-refractivity contribution in [2.75, 3.05) is 13.7 Å². The molecule has 0 aromatic heterocycles. The number of carbonyl (C=O) groups excluding carboxylic acids is 1. The van der Waals surface area contributed by atoms with Crippen LogP contribution in [0.5, 0.6) is 0 Å². The van der Waals surface area contributed by atoms with Crippen molar-refractivity contribution in [2.45, 2.75) is 44.7 Å². The Morgan fingerprint density at radius 1 is 1.73 bits per heavy atom. The maximum Gasteiger partial charge on any atom is 0.323 e. The van der Waals surface area contributed by atoms with Gasteiger partial charge in [0.25, 0.3) is 0 Å². The lowest BCUT2D eigenvalue weighted by atomic mass is 10.1. The van der Waals surface area contributed by atoms with Crippen LogP contribution in [-0.4, -0.2) is 36.6 Å². The van der Waals surface area contributed by atoms with E-state index in [0.717, 1.165) is 25.8 Å². The number of ether oxygens (including phenoxy) is 1. The third-order valence-electron chi connectivity index (χ3n) is 3.03. The van der Waals surface area contributed by atoms with Crippen LogP contribution in [0.15, 0.2) is 0 Å². The fourth-order valence-corrected chi connectivity index (χ4v) is 2.22. The van der Waals surface area contributed by atoms with E-state index < -0.39 is 0 Å². The average molecular weight is 210 g/mol. The highest BCUT2D eigenvalue weighted by Crippen LogP contribution is 2.23. The number of nitriles is 1. The van der Waals surface area contributed by atoms with Gasteiger partial charge in [0.1, 0.15) is 6.04 Å². The molecule has 0 N–H and O–H groups in total. The Hall–Kier alpha value is -1.08. The minimum Gasteiger partial charge on any atom is -0.468 e. The van der Waals surface area contributed by atoms with Gasteiger partial charge in [-0.25, -0.2) is 0 Å². The molecular formula is C11H18N2O2. The summed E-state index contributed by atoms with van der Waals surface area (Å²) in [5.74, 6) is -0.163. The van der Waals surface area contributed by atoms with Crippen molar-refractivity contribution in [2.24, 2.45) is 0 Å². The third kappa shape index (κ3) is 2.69. The molecule has 1 rings (SSSR count). The summed E-state index contributed by atoms with van der Waals surface area (Å²) in [6.07, 6.45) is 3.27. The van der Waals surface area contributed by atoms with Crippen LogP contribution in [-0.2, 0) is 9.53 Å². The van der Waals surface area contributed by atoms with Crippen molar-refractivity contribution in [3.05, 3.63) is 0 Å². The molecule has 4 nitrogen and oxygen atoms in total. The summed E-state index contributed by atoms with van der Waals surface area (Å²) >= 11 is 0. The van der Waals surface area contributed by atoms with Crippen molar-refractivity contribution in [1.82, 2.24) is 4.90 Å². The number of methoxy groups -OCH3 is 1. The van der Waals surface area contributed by atoms with E-state index in [2.05, 4.69) is 17.9 Å². The van der Waals surface area contributed by atoms with E-state index >= 15 is 0 Å². The van der Waals surface area contributed by atoms with Gasteiger partial charge in [0.05, 0.1) is 19.6 Å². The number of nitrogens with zero attached hydrogens (tertiary/aromatic N) is 2. The van der Waals surface area contributed by atoms with E-state index in [1.54, 1.807) is 0 Å². The van der Waals surface area contributed by atoms with Crippen LogP contribution in [0.1, 0.15) is 32.6 Å². The van der Waals surface area contributed by atoms with E-state index in [1.807, 2.05) is 0 Å². The van der Waals surface area contributed by atoms with Crippen molar-refractivity contribution in [1.29, 1.82) is 5.26 Å². The summed E-state index contributed by atoms with van der Waals surface area (Å²) in [7, 11) is 1.42. The van der Waals surface area contributed by atoms with Crippen LogP contribution in [0.2, 0.25) is 0 Å². The first-order chi connectivity index (χ1) is 7.24. The van der Waals surface area contributed by atoms with Gasteiger partial charge >= 0.3 is 5.97 Å². The summed E-state index contributed by atoms with van der Waals surface area (Å²) in [4.78, 5) is 13.6. The van der Waals surface area contributed by atoms with Gasteiger partial charge in [-0.1, -0.05) is 6.92 Å². The quantitative estimate of drug-likeness (QED) is 0.657. The first-order valence-corrected chi connectivity index (χ1v) is 5.45. The highest BCUT2D eigenvalue weighted by atomic mass is 16.5. The van der Waals surface area contributed by atoms with Crippen LogP contribution >= 0.6 is 0 Å². The summed E-state index contributed by atoms with van der Waals surface area (Å²) in [5.41, 5.74) is 0. The van der Waals surface area contributed by atoms with E-state index in [1.165, 1.54) is 7.11 Å². The Morgan fingerprint density at radius 2 is 2.47 bits per heavy atom. The Kier molecular flexibility index (Phi) is 4.57. The predicted molar refractivity (Wildman–Crippen MR) is 56.1 cm³/mol. The summed E-state index contributed by atoms with van der Waals surface area (Å²) in [5, 5.41) is 8.72. The lowest BCUT2D eigenvalue weighted by Crippen LogP contribution is -2.43. The molecule has 0 aromatic rings. The zero-order valence-corrected chi connectivity index (χ0v) is 9.40. The Labute approximate surface area is 90.8 Å². The van der Waals surface area contributed by atoms with E-state index in [-0.39, 0.29) is 18.1 Å². The zero-order valence-electron chi connectivity index (χ0n) is 9.40. The molecule has 84 valence electrons. The zero-order chi connectivity index (χ0) is 11.3. The van der Waals surface area contributed by atoms with Crippen molar-refractivity contribution in [3.63, 3.8) is 0 Å². The van der Waals surface area contributed by atoms with Gasteiger partial charge < -0.3 is 4.74 Å². The van der Waals surface area contributed by atoms with Gasteiger partial charge in [0.2, 0.25) is 0 Å². The summed E-state index contributed by atoms with van der Waals surface area (Å²) < 4.78 is 4.77. The van der Waals surface area contributed by atoms with E-state index in [0.29, 0.717) is 6.42 Å². The fourth-order valence-electron chi connectivity index (χ4n) is 2.22. The monoisotopic (exact) mass is 210 g/mol. The molecule has 0 bridgehead atoms. The molecular weight excluding hydrogens is 192 g/mol. The van der Waals surface area contributed by atoms with Crippen molar-refractivity contribution >= 4 is 5.97 Å². The normalized spacial score (nSPS) is 23.4. The van der Waals surface area contributed by atoms with Gasteiger partial charge in [-0.05, 0) is 25.8 Å². The molecule has 1 aliphatic heterocycles. The van der Waals surface area contributed by atoms with Gasteiger partial charge in [-0.3, -0.25) is 9.69 Å². The van der Waals surface area contributed by atoms with Crippen LogP contribution < -0.4 is 0 Å². The van der Waals surface area contributed by atoms with Crippen molar-refractivity contribution < 1.29 is 9.53 Å². The fraction of sp³-hybridized carbons (Fsp3) is 0.818. The Balaban J connectivity index is 2.66. The minimum absolute atomic E-state index is 0.131.